The van der Waals surface area contributed by atoms with Gasteiger partial charge in [0.15, 0.2) is 31.5 Å². The van der Waals surface area contributed by atoms with E-state index in [4.69, 9.17) is 42.6 Å². The summed E-state index contributed by atoms with van der Waals surface area (Å²) in [6.45, 7) is -4.51. The van der Waals surface area contributed by atoms with Crippen LogP contribution in [0.5, 0.6) is 0 Å². The lowest BCUT2D eigenvalue weighted by atomic mass is 9.95. The third-order valence-electron chi connectivity index (χ3n) is 10.3. The number of aliphatic hydroxyl groups is 17. The lowest BCUT2D eigenvalue weighted by molar-refractivity contribution is -0.392. The number of hydrogen-bond donors (Lipinski definition) is 17. The molecule has 0 radical (unpaired) electrons. The van der Waals surface area contributed by atoms with Crippen LogP contribution < -0.4 is 0 Å². The molecule has 5 rings (SSSR count). The lowest BCUT2D eigenvalue weighted by Gasteiger charge is -2.49. The van der Waals surface area contributed by atoms with Crippen LogP contribution in [-0.2, 0) is 42.6 Å². The van der Waals surface area contributed by atoms with Crippen LogP contribution in [0.3, 0.4) is 0 Å². The Morgan fingerprint density at radius 1 is 0.268 bits per heavy atom. The fourth-order valence-electron chi connectivity index (χ4n) is 7.03. The van der Waals surface area contributed by atoms with Gasteiger partial charge in [-0.3, -0.25) is 0 Å². The largest absolute Gasteiger partial charge is 0.394 e. The predicted octanol–water partition coefficient (Wildman–Crippen LogP) is -11.9. The molecule has 0 aromatic carbocycles. The molecule has 0 aromatic heterocycles. The summed E-state index contributed by atoms with van der Waals surface area (Å²) in [5, 5.41) is 176. The van der Waals surface area contributed by atoms with E-state index in [0.717, 1.165) is 0 Å². The minimum Gasteiger partial charge on any atom is -0.394 e. The van der Waals surface area contributed by atoms with E-state index in [9.17, 15) is 86.8 Å². The molecule has 328 valence electrons. The Morgan fingerprint density at radius 3 is 0.821 bits per heavy atom. The number of ether oxygens (including phenoxy) is 9. The van der Waals surface area contributed by atoms with E-state index in [1.54, 1.807) is 0 Å². The fraction of sp³-hybridized carbons (Fsp3) is 1.00. The Bertz CT molecular complexity index is 1200. The minimum absolute atomic E-state index is 0.811. The molecule has 5 heterocycles. The third kappa shape index (κ3) is 9.16. The molecular formula is C30H52O26. The number of rotatable bonds is 13. The van der Waals surface area contributed by atoms with Crippen LogP contribution in [-0.4, -0.2) is 273 Å². The highest BCUT2D eigenvalue weighted by molar-refractivity contribution is 4.99. The topological polar surface area (TPSA) is 427 Å². The molecular weight excluding hydrogens is 776 g/mol. The van der Waals surface area contributed by atoms with Gasteiger partial charge < -0.3 is 129 Å². The van der Waals surface area contributed by atoms with Gasteiger partial charge in [0.05, 0.1) is 33.0 Å². The molecule has 0 aromatic rings. The van der Waals surface area contributed by atoms with Gasteiger partial charge in [-0.05, 0) is 0 Å². The van der Waals surface area contributed by atoms with Gasteiger partial charge in [-0.15, -0.1) is 0 Å². The highest BCUT2D eigenvalue weighted by Gasteiger charge is 2.56. The molecule has 56 heavy (non-hydrogen) atoms. The molecule has 5 aliphatic heterocycles. The summed E-state index contributed by atoms with van der Waals surface area (Å²) in [7, 11) is 0. The first-order valence-electron chi connectivity index (χ1n) is 17.6. The van der Waals surface area contributed by atoms with Gasteiger partial charge in [0.2, 0.25) is 0 Å². The van der Waals surface area contributed by atoms with Crippen LogP contribution in [0.4, 0.5) is 0 Å². The zero-order chi connectivity index (χ0) is 41.3. The quantitative estimate of drug-likeness (QED) is 0.0819. The normalized spacial score (nSPS) is 53.2. The molecule has 25 atom stereocenters. The van der Waals surface area contributed by atoms with E-state index in [1.807, 2.05) is 0 Å². The van der Waals surface area contributed by atoms with E-state index < -0.39 is 187 Å². The van der Waals surface area contributed by atoms with Crippen molar-refractivity contribution < 1.29 is 129 Å². The highest BCUT2D eigenvalue weighted by atomic mass is 16.8. The Hall–Kier alpha value is -1.04. The second-order valence-electron chi connectivity index (χ2n) is 13.9. The van der Waals surface area contributed by atoms with Gasteiger partial charge in [-0.1, -0.05) is 0 Å². The molecule has 5 aliphatic rings. The molecule has 26 heteroatoms. The first-order valence-corrected chi connectivity index (χ1v) is 17.6. The monoisotopic (exact) mass is 828 g/mol. The SMILES string of the molecule is OC[C@H]1O[C@@H](O[C@H]2[C@H](O)[C@@H](O)[C@H](O[C@H]3[C@H](O)[C@@H](O)[C@H](O[C@H]4[C@H](O)[C@@H](O)[C@H](O[C@H]5[C@H](O)[C@@H](O)C(O)O[C@@H]5CO)O[C@@H]4CO)O[C@@H]3CO)O[C@@H]2CO)[C@H](O)[C@@H](O)[C@@H]1O. The number of hydrogen-bond acceptors (Lipinski definition) is 26. The summed E-state index contributed by atoms with van der Waals surface area (Å²) in [5.74, 6) is 0. The van der Waals surface area contributed by atoms with Crippen LogP contribution in [0, 0.1) is 0 Å². The zero-order valence-electron chi connectivity index (χ0n) is 29.2. The van der Waals surface area contributed by atoms with Gasteiger partial charge in [0, 0.05) is 0 Å². The molecule has 5 saturated heterocycles. The molecule has 0 spiro atoms. The van der Waals surface area contributed by atoms with Crippen LogP contribution in [0.1, 0.15) is 0 Å². The van der Waals surface area contributed by atoms with Crippen LogP contribution in [0.2, 0.25) is 0 Å². The Balaban J connectivity index is 1.22. The molecule has 0 amide bonds. The summed E-state index contributed by atoms with van der Waals surface area (Å²) < 4.78 is 49.1. The van der Waals surface area contributed by atoms with E-state index in [-0.39, 0.29) is 0 Å². The van der Waals surface area contributed by atoms with Gasteiger partial charge >= 0.3 is 0 Å². The summed E-state index contributed by atoms with van der Waals surface area (Å²) >= 11 is 0. The molecule has 1 unspecified atom stereocenters. The predicted molar refractivity (Wildman–Crippen MR) is 167 cm³/mol. The van der Waals surface area contributed by atoms with Crippen molar-refractivity contribution in [3.05, 3.63) is 0 Å². The fourth-order valence-corrected chi connectivity index (χ4v) is 7.03. The molecule has 0 aliphatic carbocycles. The maximum absolute atomic E-state index is 11.1. The van der Waals surface area contributed by atoms with Crippen molar-refractivity contribution in [2.24, 2.45) is 0 Å². The van der Waals surface area contributed by atoms with E-state index in [1.165, 1.54) is 0 Å². The van der Waals surface area contributed by atoms with Gasteiger partial charge in [0.1, 0.15) is 122 Å². The summed E-state index contributed by atoms with van der Waals surface area (Å²) in [6.07, 6.45) is -45.8. The molecule has 26 nitrogen and oxygen atoms in total. The Labute approximate surface area is 316 Å². The van der Waals surface area contributed by atoms with Gasteiger partial charge in [-0.2, -0.15) is 0 Å². The van der Waals surface area contributed by atoms with E-state index in [0.29, 0.717) is 0 Å². The van der Waals surface area contributed by atoms with E-state index in [2.05, 4.69) is 0 Å². The molecule has 0 saturated carbocycles. The summed E-state index contributed by atoms with van der Waals surface area (Å²) in [6, 6.07) is 0. The van der Waals surface area contributed by atoms with Gasteiger partial charge in [-0.25, -0.2) is 0 Å². The van der Waals surface area contributed by atoms with Crippen molar-refractivity contribution in [2.75, 3.05) is 33.0 Å². The number of aliphatic hydroxyl groups excluding tert-OH is 17. The van der Waals surface area contributed by atoms with Crippen molar-refractivity contribution in [1.29, 1.82) is 0 Å². The van der Waals surface area contributed by atoms with Crippen molar-refractivity contribution in [1.82, 2.24) is 0 Å². The van der Waals surface area contributed by atoms with Crippen LogP contribution in [0.15, 0.2) is 0 Å². The smallest absolute Gasteiger partial charge is 0.187 e. The third-order valence-corrected chi connectivity index (χ3v) is 10.3. The second-order valence-corrected chi connectivity index (χ2v) is 13.9. The van der Waals surface area contributed by atoms with E-state index >= 15 is 0 Å². The maximum Gasteiger partial charge on any atom is 0.187 e. The van der Waals surface area contributed by atoms with Gasteiger partial charge in [0.25, 0.3) is 0 Å². The standard InChI is InChI=1S/C30H52O26/c31-1-6-11(36)12(37)18(43)27(49-6)54-23-8(3-33)51-29(20(45)14(23)39)56-25-10(5-35)52-30(21(46)16(25)41)55-24-9(4-34)50-28(19(44)15(24)40)53-22-7(2-32)48-26(47)17(42)13(22)38/h6-47H,1-5H2/t6-,7-,8-,9-,10-,11-,12+,13-,14-,15-,16-,17-,18-,19-,20-,21-,22-,23-,24-,25-,26?,27+,28+,29+,30+/m1/s1. The lowest BCUT2D eigenvalue weighted by Crippen LogP contribution is -2.68. The average molecular weight is 829 g/mol. The summed E-state index contributed by atoms with van der Waals surface area (Å²) in [5.41, 5.74) is 0. The second kappa shape index (κ2) is 19.6. The molecule has 0 bridgehead atoms. The highest BCUT2D eigenvalue weighted by Crippen LogP contribution is 2.35. The molecule has 17 N–H and O–H groups in total. The Kier molecular flexibility index (Phi) is 16.1. The van der Waals surface area contributed by atoms with Crippen molar-refractivity contribution in [3.63, 3.8) is 0 Å². The molecule has 5 fully saturated rings. The van der Waals surface area contributed by atoms with Crippen LogP contribution >= 0.6 is 0 Å². The zero-order valence-corrected chi connectivity index (χ0v) is 29.2. The van der Waals surface area contributed by atoms with Crippen molar-refractivity contribution in [2.45, 2.75) is 154 Å². The minimum atomic E-state index is -2.12. The van der Waals surface area contributed by atoms with Crippen LogP contribution in [0.25, 0.3) is 0 Å². The first-order chi connectivity index (χ1) is 26.5. The first kappa shape index (κ1) is 46.0. The summed E-state index contributed by atoms with van der Waals surface area (Å²) in [4.78, 5) is 0. The Morgan fingerprint density at radius 2 is 0.518 bits per heavy atom. The van der Waals surface area contributed by atoms with Crippen molar-refractivity contribution >= 4 is 0 Å². The van der Waals surface area contributed by atoms with Crippen molar-refractivity contribution in [3.8, 4) is 0 Å². The maximum atomic E-state index is 11.1. The average Bonchev–Trinajstić information content (AvgIpc) is 3.19.